The number of cyclic esters (lactones) is 1. The maximum atomic E-state index is 12.9. The molecule has 0 aromatic heterocycles. The van der Waals surface area contributed by atoms with Crippen molar-refractivity contribution in [1.82, 2.24) is 5.32 Å². The standard InChI is InChI=1S/C12H19F2NO2/c1-8(2)11(3-4-11)7-15-6-9-5-12(13,14)10(16)17-9/h8-9,15H,3-7H2,1-2H3. The van der Waals surface area contributed by atoms with Crippen LogP contribution in [0.3, 0.4) is 0 Å². The second-order valence-corrected chi connectivity index (χ2v) is 5.58. The number of hydrogen-bond acceptors (Lipinski definition) is 3. The van der Waals surface area contributed by atoms with Gasteiger partial charge in [0.2, 0.25) is 0 Å². The van der Waals surface area contributed by atoms with Gasteiger partial charge in [0, 0.05) is 13.1 Å². The summed E-state index contributed by atoms with van der Waals surface area (Å²) in [5.41, 5.74) is 0.338. The molecule has 1 aliphatic carbocycles. The Balaban J connectivity index is 1.72. The van der Waals surface area contributed by atoms with Crippen LogP contribution in [-0.2, 0) is 9.53 Å². The number of esters is 1. The van der Waals surface area contributed by atoms with Crippen molar-refractivity contribution in [2.45, 2.75) is 45.1 Å². The monoisotopic (exact) mass is 247 g/mol. The Bertz CT molecular complexity index is 314. The predicted octanol–water partition coefficient (Wildman–Crippen LogP) is 1.96. The van der Waals surface area contributed by atoms with Crippen molar-refractivity contribution in [3.8, 4) is 0 Å². The molecule has 2 rings (SSSR count). The molecule has 0 radical (unpaired) electrons. The van der Waals surface area contributed by atoms with Gasteiger partial charge in [0.05, 0.1) is 6.42 Å². The molecule has 1 saturated heterocycles. The van der Waals surface area contributed by atoms with Crippen LogP contribution in [0.2, 0.25) is 0 Å². The first-order chi connectivity index (χ1) is 7.86. The molecule has 0 spiro atoms. The van der Waals surface area contributed by atoms with E-state index in [0.29, 0.717) is 17.9 Å². The summed E-state index contributed by atoms with van der Waals surface area (Å²) in [5, 5.41) is 3.16. The summed E-state index contributed by atoms with van der Waals surface area (Å²) in [6.07, 6.45) is 1.21. The van der Waals surface area contributed by atoms with Crippen LogP contribution in [0, 0.1) is 11.3 Å². The highest BCUT2D eigenvalue weighted by Gasteiger charge is 2.51. The molecule has 98 valence electrons. The number of carbonyl (C=O) groups excluding carboxylic acids is 1. The highest BCUT2D eigenvalue weighted by Crippen LogP contribution is 2.51. The zero-order valence-electron chi connectivity index (χ0n) is 10.3. The van der Waals surface area contributed by atoms with Gasteiger partial charge in [-0.1, -0.05) is 13.8 Å². The van der Waals surface area contributed by atoms with Gasteiger partial charge >= 0.3 is 11.9 Å². The van der Waals surface area contributed by atoms with E-state index in [0.717, 1.165) is 6.54 Å². The summed E-state index contributed by atoms with van der Waals surface area (Å²) in [6, 6.07) is 0. The van der Waals surface area contributed by atoms with E-state index in [1.54, 1.807) is 0 Å². The van der Waals surface area contributed by atoms with E-state index in [1.165, 1.54) is 12.8 Å². The lowest BCUT2D eigenvalue weighted by Gasteiger charge is -2.21. The highest BCUT2D eigenvalue weighted by molar-refractivity contribution is 5.79. The van der Waals surface area contributed by atoms with E-state index in [2.05, 4.69) is 23.9 Å². The third kappa shape index (κ3) is 2.59. The van der Waals surface area contributed by atoms with Gasteiger partial charge < -0.3 is 10.1 Å². The van der Waals surface area contributed by atoms with Crippen molar-refractivity contribution in [2.75, 3.05) is 13.1 Å². The van der Waals surface area contributed by atoms with Crippen LogP contribution in [0.4, 0.5) is 8.78 Å². The van der Waals surface area contributed by atoms with E-state index < -0.39 is 24.4 Å². The van der Waals surface area contributed by atoms with Gasteiger partial charge in [-0.3, -0.25) is 0 Å². The fourth-order valence-corrected chi connectivity index (χ4v) is 2.36. The summed E-state index contributed by atoms with van der Waals surface area (Å²) in [5.74, 6) is -4.07. The third-order valence-corrected chi connectivity index (χ3v) is 4.02. The van der Waals surface area contributed by atoms with Gasteiger partial charge in [-0.15, -0.1) is 0 Å². The molecule has 1 unspecified atom stereocenters. The molecule has 1 aliphatic heterocycles. The first-order valence-electron chi connectivity index (χ1n) is 6.15. The molecule has 3 nitrogen and oxygen atoms in total. The number of hydrogen-bond donors (Lipinski definition) is 1. The van der Waals surface area contributed by atoms with Crippen molar-refractivity contribution in [3.05, 3.63) is 0 Å². The lowest BCUT2D eigenvalue weighted by Crippen LogP contribution is -2.33. The number of ether oxygens (including phenoxy) is 1. The van der Waals surface area contributed by atoms with Crippen molar-refractivity contribution < 1.29 is 18.3 Å². The van der Waals surface area contributed by atoms with E-state index >= 15 is 0 Å². The maximum Gasteiger partial charge on any atom is 0.377 e. The van der Waals surface area contributed by atoms with Crippen LogP contribution < -0.4 is 5.32 Å². The zero-order valence-corrected chi connectivity index (χ0v) is 10.3. The lowest BCUT2D eigenvalue weighted by atomic mass is 9.92. The molecule has 1 heterocycles. The van der Waals surface area contributed by atoms with E-state index in [-0.39, 0.29) is 0 Å². The van der Waals surface area contributed by atoms with Gasteiger partial charge in [-0.2, -0.15) is 8.78 Å². The summed E-state index contributed by atoms with van der Waals surface area (Å²) in [7, 11) is 0. The van der Waals surface area contributed by atoms with Crippen LogP contribution >= 0.6 is 0 Å². The number of alkyl halides is 2. The number of halogens is 2. The Kier molecular flexibility index (Phi) is 3.14. The summed E-state index contributed by atoms with van der Waals surface area (Å²) in [4.78, 5) is 10.8. The average molecular weight is 247 g/mol. The second-order valence-electron chi connectivity index (χ2n) is 5.58. The average Bonchev–Trinajstić information content (AvgIpc) is 2.92. The van der Waals surface area contributed by atoms with Gasteiger partial charge in [0.1, 0.15) is 6.10 Å². The molecule has 0 aromatic rings. The van der Waals surface area contributed by atoms with Gasteiger partial charge in [0.25, 0.3) is 0 Å². The van der Waals surface area contributed by atoms with Crippen molar-refractivity contribution in [1.29, 1.82) is 0 Å². The van der Waals surface area contributed by atoms with Gasteiger partial charge in [-0.05, 0) is 24.2 Å². The summed E-state index contributed by atoms with van der Waals surface area (Å²) in [6.45, 7) is 5.51. The second kappa shape index (κ2) is 4.19. The minimum Gasteiger partial charge on any atom is -0.456 e. The van der Waals surface area contributed by atoms with E-state index in [9.17, 15) is 13.6 Å². The predicted molar refractivity (Wildman–Crippen MR) is 58.8 cm³/mol. The van der Waals surface area contributed by atoms with Crippen molar-refractivity contribution >= 4 is 5.97 Å². The first-order valence-corrected chi connectivity index (χ1v) is 6.15. The first kappa shape index (κ1) is 12.7. The Labute approximate surface area is 99.9 Å². The number of rotatable bonds is 5. The number of carbonyl (C=O) groups is 1. The van der Waals surface area contributed by atoms with Crippen LogP contribution in [0.15, 0.2) is 0 Å². The Morgan fingerprint density at radius 3 is 2.53 bits per heavy atom. The Morgan fingerprint density at radius 1 is 1.47 bits per heavy atom. The molecular weight excluding hydrogens is 228 g/mol. The topological polar surface area (TPSA) is 38.3 Å². The molecule has 2 aliphatic rings. The minimum absolute atomic E-state index is 0.329. The number of nitrogens with one attached hydrogen (secondary N) is 1. The van der Waals surface area contributed by atoms with Crippen molar-refractivity contribution in [2.24, 2.45) is 11.3 Å². The zero-order chi connectivity index (χ0) is 12.7. The smallest absolute Gasteiger partial charge is 0.377 e. The van der Waals surface area contributed by atoms with Gasteiger partial charge in [0.15, 0.2) is 0 Å². The van der Waals surface area contributed by atoms with E-state index in [4.69, 9.17) is 0 Å². The van der Waals surface area contributed by atoms with Crippen LogP contribution in [0.5, 0.6) is 0 Å². The maximum absolute atomic E-state index is 12.9. The Morgan fingerprint density at radius 2 is 2.12 bits per heavy atom. The SMILES string of the molecule is CC(C)C1(CNCC2CC(F)(F)C(=O)O2)CC1. The normalized spacial score (nSPS) is 29.5. The quantitative estimate of drug-likeness (QED) is 0.755. The molecule has 1 N–H and O–H groups in total. The molecule has 0 amide bonds. The fourth-order valence-electron chi connectivity index (χ4n) is 2.36. The highest BCUT2D eigenvalue weighted by atomic mass is 19.3. The largest absolute Gasteiger partial charge is 0.456 e. The lowest BCUT2D eigenvalue weighted by molar-refractivity contribution is -0.159. The summed E-state index contributed by atoms with van der Waals surface area (Å²) >= 11 is 0. The molecule has 1 atom stereocenters. The molecule has 17 heavy (non-hydrogen) atoms. The fraction of sp³-hybridized carbons (Fsp3) is 0.917. The molecular formula is C12H19F2NO2. The van der Waals surface area contributed by atoms with Crippen LogP contribution in [0.25, 0.3) is 0 Å². The minimum atomic E-state index is -3.29. The molecule has 0 aromatic carbocycles. The van der Waals surface area contributed by atoms with Crippen LogP contribution in [-0.4, -0.2) is 31.1 Å². The van der Waals surface area contributed by atoms with E-state index in [1.807, 2.05) is 0 Å². The Hall–Kier alpha value is -0.710. The summed E-state index contributed by atoms with van der Waals surface area (Å²) < 4.78 is 30.4. The molecule has 1 saturated carbocycles. The third-order valence-electron chi connectivity index (χ3n) is 4.02. The molecule has 2 fully saturated rings. The molecule has 0 bridgehead atoms. The molecule has 5 heteroatoms. The van der Waals surface area contributed by atoms with Crippen LogP contribution in [0.1, 0.15) is 33.1 Å². The van der Waals surface area contributed by atoms with Gasteiger partial charge in [-0.25, -0.2) is 4.79 Å². The van der Waals surface area contributed by atoms with Crippen molar-refractivity contribution in [3.63, 3.8) is 0 Å².